The van der Waals surface area contributed by atoms with Gasteiger partial charge < -0.3 is 10.2 Å². The Balaban J connectivity index is 2.18. The van der Waals surface area contributed by atoms with Gasteiger partial charge in [-0.05, 0) is 35.6 Å². The van der Waals surface area contributed by atoms with Crippen LogP contribution in [0.25, 0.3) is 0 Å². The van der Waals surface area contributed by atoms with Crippen molar-refractivity contribution in [2.24, 2.45) is 0 Å². The summed E-state index contributed by atoms with van der Waals surface area (Å²) in [4.78, 5) is 0. The largest absolute Gasteiger partial charge is 0.504 e. The van der Waals surface area contributed by atoms with Gasteiger partial charge >= 0.3 is 0 Å². The minimum Gasteiger partial charge on any atom is -0.504 e. The zero-order valence-electron chi connectivity index (χ0n) is 7.64. The Bertz CT molecular complexity index is 322. The Morgan fingerprint density at radius 2 is 1.79 bits per heavy atom. The molecule has 0 saturated carbocycles. The number of aromatic hydroxyl groups is 2. The van der Waals surface area contributed by atoms with E-state index in [1.165, 1.54) is 17.9 Å². The molecular weight excluding hydrogens is 216 g/mol. The standard InChI is InChI=1S/C10H12O2S2/c11-8-3-2-7(6-9(8)12)10-13-4-1-5-14-10/h2-3,6,10-12H,1,4-5H2. The molecule has 1 saturated heterocycles. The predicted octanol–water partition coefficient (Wildman–Crippen LogP) is 2.97. The number of thioether (sulfide) groups is 2. The molecule has 14 heavy (non-hydrogen) atoms. The summed E-state index contributed by atoms with van der Waals surface area (Å²) in [5.41, 5.74) is 1.09. The van der Waals surface area contributed by atoms with Gasteiger partial charge in [-0.1, -0.05) is 6.07 Å². The third-order valence-electron chi connectivity index (χ3n) is 2.10. The maximum atomic E-state index is 9.36. The summed E-state index contributed by atoms with van der Waals surface area (Å²) in [6.45, 7) is 0. The van der Waals surface area contributed by atoms with Crippen molar-refractivity contribution in [3.63, 3.8) is 0 Å². The number of hydrogen-bond donors (Lipinski definition) is 2. The Hall–Kier alpha value is -0.480. The second-order valence-electron chi connectivity index (χ2n) is 3.18. The summed E-state index contributed by atoms with van der Waals surface area (Å²) in [6, 6.07) is 5.09. The Morgan fingerprint density at radius 3 is 2.43 bits per heavy atom. The fourth-order valence-corrected chi connectivity index (χ4v) is 4.24. The highest BCUT2D eigenvalue weighted by Crippen LogP contribution is 2.45. The molecule has 1 aromatic carbocycles. The van der Waals surface area contributed by atoms with E-state index >= 15 is 0 Å². The maximum Gasteiger partial charge on any atom is 0.157 e. The van der Waals surface area contributed by atoms with E-state index in [-0.39, 0.29) is 11.5 Å². The van der Waals surface area contributed by atoms with Crippen molar-refractivity contribution in [3.8, 4) is 11.5 Å². The quantitative estimate of drug-likeness (QED) is 0.725. The molecule has 2 nitrogen and oxygen atoms in total. The van der Waals surface area contributed by atoms with Crippen molar-refractivity contribution in [3.05, 3.63) is 23.8 Å². The zero-order valence-corrected chi connectivity index (χ0v) is 9.27. The van der Waals surface area contributed by atoms with Crippen molar-refractivity contribution < 1.29 is 10.2 Å². The lowest BCUT2D eigenvalue weighted by molar-refractivity contribution is 0.403. The number of rotatable bonds is 1. The summed E-state index contributed by atoms with van der Waals surface area (Å²) >= 11 is 3.80. The van der Waals surface area contributed by atoms with Crippen molar-refractivity contribution >= 4 is 23.5 Å². The van der Waals surface area contributed by atoms with Crippen LogP contribution in [0, 0.1) is 0 Å². The SMILES string of the molecule is Oc1ccc(C2SCCCS2)cc1O. The lowest BCUT2D eigenvalue weighted by Crippen LogP contribution is -1.99. The van der Waals surface area contributed by atoms with E-state index in [2.05, 4.69) is 0 Å². The smallest absolute Gasteiger partial charge is 0.157 e. The predicted molar refractivity (Wildman–Crippen MR) is 62.0 cm³/mol. The second-order valence-corrected chi connectivity index (χ2v) is 5.90. The molecule has 1 heterocycles. The maximum absolute atomic E-state index is 9.36. The molecule has 2 rings (SSSR count). The Labute approximate surface area is 91.7 Å². The van der Waals surface area contributed by atoms with Gasteiger partial charge in [0.05, 0.1) is 4.58 Å². The van der Waals surface area contributed by atoms with Crippen LogP contribution in [0.5, 0.6) is 11.5 Å². The van der Waals surface area contributed by atoms with Crippen LogP contribution < -0.4 is 0 Å². The Morgan fingerprint density at radius 1 is 1.07 bits per heavy atom. The molecular formula is C10H12O2S2. The molecule has 0 unspecified atom stereocenters. The third-order valence-corrected chi connectivity index (χ3v) is 5.11. The number of hydrogen-bond acceptors (Lipinski definition) is 4. The molecule has 1 aromatic rings. The molecule has 1 aliphatic heterocycles. The molecule has 0 spiro atoms. The van der Waals surface area contributed by atoms with Gasteiger partial charge in [0.15, 0.2) is 11.5 Å². The number of phenolic OH excluding ortho intramolecular Hbond substituents is 2. The molecule has 0 radical (unpaired) electrons. The van der Waals surface area contributed by atoms with Crippen LogP contribution >= 0.6 is 23.5 Å². The van der Waals surface area contributed by atoms with Gasteiger partial charge in [-0.15, -0.1) is 23.5 Å². The van der Waals surface area contributed by atoms with Gasteiger partial charge in [0.1, 0.15) is 0 Å². The van der Waals surface area contributed by atoms with Gasteiger partial charge in [-0.25, -0.2) is 0 Å². The first-order valence-electron chi connectivity index (χ1n) is 4.52. The van der Waals surface area contributed by atoms with Crippen LogP contribution in [-0.2, 0) is 0 Å². The van der Waals surface area contributed by atoms with E-state index in [1.807, 2.05) is 29.6 Å². The fraction of sp³-hybridized carbons (Fsp3) is 0.400. The van der Waals surface area contributed by atoms with Crippen molar-refractivity contribution in [1.82, 2.24) is 0 Å². The van der Waals surface area contributed by atoms with E-state index < -0.39 is 0 Å². The highest BCUT2D eigenvalue weighted by Gasteiger charge is 2.17. The normalized spacial score (nSPS) is 18.3. The topological polar surface area (TPSA) is 40.5 Å². The van der Waals surface area contributed by atoms with E-state index in [4.69, 9.17) is 0 Å². The first-order valence-corrected chi connectivity index (χ1v) is 6.62. The Kier molecular flexibility index (Phi) is 3.13. The highest BCUT2D eigenvalue weighted by molar-refractivity contribution is 8.16. The van der Waals surface area contributed by atoms with Crippen LogP contribution in [0.4, 0.5) is 0 Å². The van der Waals surface area contributed by atoms with E-state index in [0.717, 1.165) is 5.56 Å². The summed E-state index contributed by atoms with van der Waals surface area (Å²) in [6.07, 6.45) is 1.26. The molecule has 2 N–H and O–H groups in total. The van der Waals surface area contributed by atoms with Gasteiger partial charge in [0, 0.05) is 0 Å². The first-order chi connectivity index (χ1) is 6.77. The summed E-state index contributed by atoms with van der Waals surface area (Å²) in [5.74, 6) is 2.30. The number of benzene rings is 1. The molecule has 1 fully saturated rings. The van der Waals surface area contributed by atoms with Crippen LogP contribution in [0.1, 0.15) is 16.6 Å². The zero-order chi connectivity index (χ0) is 9.97. The van der Waals surface area contributed by atoms with Gasteiger partial charge in [0.25, 0.3) is 0 Å². The highest BCUT2D eigenvalue weighted by atomic mass is 32.2. The molecule has 0 amide bonds. The van der Waals surface area contributed by atoms with Gasteiger partial charge in [-0.3, -0.25) is 0 Å². The lowest BCUT2D eigenvalue weighted by Gasteiger charge is -2.21. The molecule has 0 aliphatic carbocycles. The summed E-state index contributed by atoms with van der Waals surface area (Å²) in [5, 5.41) is 18.5. The van der Waals surface area contributed by atoms with Crippen molar-refractivity contribution in [2.75, 3.05) is 11.5 Å². The second kappa shape index (κ2) is 4.36. The number of phenols is 2. The molecule has 0 aromatic heterocycles. The van der Waals surface area contributed by atoms with Crippen LogP contribution in [-0.4, -0.2) is 21.7 Å². The minimum atomic E-state index is -0.0421. The van der Waals surface area contributed by atoms with Crippen molar-refractivity contribution in [1.29, 1.82) is 0 Å². The van der Waals surface area contributed by atoms with Crippen LogP contribution in [0.15, 0.2) is 18.2 Å². The van der Waals surface area contributed by atoms with Gasteiger partial charge in [0.2, 0.25) is 0 Å². The molecule has 4 heteroatoms. The average Bonchev–Trinajstić information content (AvgIpc) is 2.23. The van der Waals surface area contributed by atoms with Gasteiger partial charge in [-0.2, -0.15) is 0 Å². The summed E-state index contributed by atoms with van der Waals surface area (Å²) < 4.78 is 0.412. The minimum absolute atomic E-state index is 0.0192. The lowest BCUT2D eigenvalue weighted by atomic mass is 10.2. The van der Waals surface area contributed by atoms with Crippen LogP contribution in [0.3, 0.4) is 0 Å². The van der Waals surface area contributed by atoms with Crippen molar-refractivity contribution in [2.45, 2.75) is 11.0 Å². The monoisotopic (exact) mass is 228 g/mol. The molecule has 1 aliphatic rings. The average molecular weight is 228 g/mol. The summed E-state index contributed by atoms with van der Waals surface area (Å²) in [7, 11) is 0. The molecule has 76 valence electrons. The first kappa shape index (κ1) is 10.1. The third kappa shape index (κ3) is 2.12. The van der Waals surface area contributed by atoms with E-state index in [0.29, 0.717) is 4.58 Å². The fourth-order valence-electron chi connectivity index (χ4n) is 1.37. The molecule has 0 atom stereocenters. The van der Waals surface area contributed by atoms with Crippen LogP contribution in [0.2, 0.25) is 0 Å². The molecule has 0 bridgehead atoms. The van der Waals surface area contributed by atoms with E-state index in [9.17, 15) is 10.2 Å². The van der Waals surface area contributed by atoms with E-state index in [1.54, 1.807) is 12.1 Å².